The quantitative estimate of drug-likeness (QED) is 0.905. The average Bonchev–Trinajstić information content (AvgIpc) is 3.04. The lowest BCUT2D eigenvalue weighted by Crippen LogP contribution is -2.32. The smallest absolute Gasteiger partial charge is 0.270 e. The highest BCUT2D eigenvalue weighted by molar-refractivity contribution is 5.92. The number of aromatic amines is 1. The van der Waals surface area contributed by atoms with Gasteiger partial charge in [-0.25, -0.2) is 4.98 Å². The van der Waals surface area contributed by atoms with Crippen LogP contribution in [0, 0.1) is 0 Å². The van der Waals surface area contributed by atoms with Crippen molar-refractivity contribution in [1.82, 2.24) is 14.9 Å². The van der Waals surface area contributed by atoms with Crippen LogP contribution in [-0.2, 0) is 0 Å². The number of anilines is 1. The Kier molecular flexibility index (Phi) is 3.91. The van der Waals surface area contributed by atoms with Crippen LogP contribution in [0.2, 0.25) is 0 Å². The number of carbonyl (C=O) groups is 1. The summed E-state index contributed by atoms with van der Waals surface area (Å²) in [6.07, 6.45) is 3.60. The third kappa shape index (κ3) is 2.72. The Bertz CT molecular complexity index is 741. The SMILES string of the molecule is CNc1cc([C@@H]2CCCN2C(=O)c2cccc(=O)[nH]2)ccn1. The number of carbonyl (C=O) groups excluding carboxylic acids is 1. The Morgan fingerprint density at radius 1 is 1.41 bits per heavy atom. The molecule has 6 heteroatoms. The van der Waals surface area contributed by atoms with Gasteiger partial charge in [-0.05, 0) is 36.6 Å². The summed E-state index contributed by atoms with van der Waals surface area (Å²) in [5.41, 5.74) is 1.13. The molecule has 1 aliphatic heterocycles. The fourth-order valence-corrected chi connectivity index (χ4v) is 2.87. The summed E-state index contributed by atoms with van der Waals surface area (Å²) in [5.74, 6) is 0.646. The van der Waals surface area contributed by atoms with Gasteiger partial charge in [0.15, 0.2) is 0 Å². The van der Waals surface area contributed by atoms with Gasteiger partial charge in [-0.15, -0.1) is 0 Å². The van der Waals surface area contributed by atoms with E-state index < -0.39 is 0 Å². The van der Waals surface area contributed by atoms with Gasteiger partial charge in [-0.2, -0.15) is 0 Å². The van der Waals surface area contributed by atoms with Crippen molar-refractivity contribution in [3.63, 3.8) is 0 Å². The molecule has 0 saturated carbocycles. The first kappa shape index (κ1) is 14.3. The number of nitrogens with one attached hydrogen (secondary N) is 2. The summed E-state index contributed by atoms with van der Waals surface area (Å²) in [6.45, 7) is 0.692. The van der Waals surface area contributed by atoms with Gasteiger partial charge in [0.05, 0.1) is 6.04 Å². The minimum atomic E-state index is -0.261. The Morgan fingerprint density at radius 3 is 3.05 bits per heavy atom. The number of amides is 1. The van der Waals surface area contributed by atoms with Crippen LogP contribution >= 0.6 is 0 Å². The highest BCUT2D eigenvalue weighted by Crippen LogP contribution is 2.33. The van der Waals surface area contributed by atoms with Crippen molar-refractivity contribution in [3.05, 3.63) is 58.1 Å². The third-order valence-electron chi connectivity index (χ3n) is 3.94. The fourth-order valence-electron chi connectivity index (χ4n) is 2.87. The van der Waals surface area contributed by atoms with Gasteiger partial charge in [-0.1, -0.05) is 6.07 Å². The maximum absolute atomic E-state index is 12.7. The first-order chi connectivity index (χ1) is 10.7. The van der Waals surface area contributed by atoms with Gasteiger partial charge in [0, 0.05) is 25.9 Å². The molecule has 3 rings (SSSR count). The zero-order valence-corrected chi connectivity index (χ0v) is 12.4. The number of likely N-dealkylation sites (tertiary alicyclic amines) is 1. The highest BCUT2D eigenvalue weighted by atomic mass is 16.2. The van der Waals surface area contributed by atoms with E-state index in [-0.39, 0.29) is 17.5 Å². The average molecular weight is 298 g/mol. The van der Waals surface area contributed by atoms with Crippen LogP contribution < -0.4 is 10.9 Å². The molecule has 1 aliphatic rings. The number of rotatable bonds is 3. The summed E-state index contributed by atoms with van der Waals surface area (Å²) >= 11 is 0. The van der Waals surface area contributed by atoms with Crippen LogP contribution in [0.25, 0.3) is 0 Å². The zero-order valence-electron chi connectivity index (χ0n) is 12.4. The van der Waals surface area contributed by atoms with E-state index in [0.717, 1.165) is 24.2 Å². The summed E-state index contributed by atoms with van der Waals surface area (Å²) in [7, 11) is 1.82. The lowest BCUT2D eigenvalue weighted by atomic mass is 10.1. The molecule has 2 aromatic heterocycles. The van der Waals surface area contributed by atoms with Gasteiger partial charge < -0.3 is 15.2 Å². The minimum Gasteiger partial charge on any atom is -0.373 e. The Hall–Kier alpha value is -2.63. The van der Waals surface area contributed by atoms with Crippen molar-refractivity contribution >= 4 is 11.7 Å². The summed E-state index contributed by atoms with van der Waals surface area (Å²) in [6, 6.07) is 8.56. The van der Waals surface area contributed by atoms with Crippen molar-refractivity contribution in [2.24, 2.45) is 0 Å². The van der Waals surface area contributed by atoms with Gasteiger partial charge >= 0.3 is 0 Å². The molecule has 0 aliphatic carbocycles. The molecule has 0 spiro atoms. The van der Waals surface area contributed by atoms with E-state index in [4.69, 9.17) is 0 Å². The number of H-pyrrole nitrogens is 1. The Balaban J connectivity index is 1.89. The van der Waals surface area contributed by atoms with E-state index in [1.54, 1.807) is 18.3 Å². The van der Waals surface area contributed by atoms with Gasteiger partial charge in [0.2, 0.25) is 5.56 Å². The first-order valence-electron chi connectivity index (χ1n) is 7.33. The lowest BCUT2D eigenvalue weighted by molar-refractivity contribution is 0.0729. The first-order valence-corrected chi connectivity index (χ1v) is 7.33. The summed E-state index contributed by atoms with van der Waals surface area (Å²) in [5, 5.41) is 3.01. The van der Waals surface area contributed by atoms with Crippen molar-refractivity contribution in [3.8, 4) is 0 Å². The molecule has 1 fully saturated rings. The molecule has 0 unspecified atom stereocenters. The molecular formula is C16H18N4O2. The number of hydrogen-bond acceptors (Lipinski definition) is 4. The zero-order chi connectivity index (χ0) is 15.5. The van der Waals surface area contributed by atoms with Crippen molar-refractivity contribution in [2.75, 3.05) is 18.9 Å². The van der Waals surface area contributed by atoms with E-state index in [1.807, 2.05) is 24.1 Å². The van der Waals surface area contributed by atoms with Crippen LogP contribution in [0.4, 0.5) is 5.82 Å². The highest BCUT2D eigenvalue weighted by Gasteiger charge is 2.31. The predicted molar refractivity (Wildman–Crippen MR) is 83.9 cm³/mol. The largest absolute Gasteiger partial charge is 0.373 e. The van der Waals surface area contributed by atoms with E-state index in [1.165, 1.54) is 6.07 Å². The van der Waals surface area contributed by atoms with Crippen molar-refractivity contribution in [1.29, 1.82) is 0 Å². The van der Waals surface area contributed by atoms with E-state index in [0.29, 0.717) is 12.2 Å². The van der Waals surface area contributed by atoms with Gasteiger partial charge in [0.25, 0.3) is 5.91 Å². The second kappa shape index (κ2) is 6.01. The van der Waals surface area contributed by atoms with Gasteiger partial charge in [-0.3, -0.25) is 9.59 Å². The third-order valence-corrected chi connectivity index (χ3v) is 3.94. The molecule has 1 amide bonds. The van der Waals surface area contributed by atoms with E-state index in [9.17, 15) is 9.59 Å². The molecule has 2 aromatic rings. The number of nitrogens with zero attached hydrogens (tertiary/aromatic N) is 2. The molecule has 6 nitrogen and oxygen atoms in total. The molecule has 1 atom stereocenters. The molecule has 2 N–H and O–H groups in total. The number of aromatic nitrogens is 2. The summed E-state index contributed by atoms with van der Waals surface area (Å²) in [4.78, 5) is 32.7. The van der Waals surface area contributed by atoms with Gasteiger partial charge in [0.1, 0.15) is 11.5 Å². The number of pyridine rings is 2. The van der Waals surface area contributed by atoms with Crippen LogP contribution in [0.1, 0.15) is 34.9 Å². The topological polar surface area (TPSA) is 78.1 Å². The van der Waals surface area contributed by atoms with Crippen LogP contribution in [0.3, 0.4) is 0 Å². The van der Waals surface area contributed by atoms with E-state index in [2.05, 4.69) is 15.3 Å². The van der Waals surface area contributed by atoms with Crippen molar-refractivity contribution < 1.29 is 4.79 Å². The monoisotopic (exact) mass is 298 g/mol. The van der Waals surface area contributed by atoms with Crippen molar-refractivity contribution in [2.45, 2.75) is 18.9 Å². The molecule has 0 radical (unpaired) electrons. The second-order valence-corrected chi connectivity index (χ2v) is 5.31. The lowest BCUT2D eigenvalue weighted by Gasteiger charge is -2.25. The fraction of sp³-hybridized carbons (Fsp3) is 0.312. The number of hydrogen-bond donors (Lipinski definition) is 2. The summed E-state index contributed by atoms with van der Waals surface area (Å²) < 4.78 is 0. The maximum Gasteiger partial charge on any atom is 0.270 e. The standard InChI is InChI=1S/C16H18N4O2/c1-17-14-10-11(7-8-18-14)13-5-3-9-20(13)16(22)12-4-2-6-15(21)19-12/h2,4,6-8,10,13H,3,5,9H2,1H3,(H,17,18)(H,19,21)/t13-/m0/s1. The predicted octanol–water partition coefficient (Wildman–Crippen LogP) is 1.79. The Morgan fingerprint density at radius 2 is 2.27 bits per heavy atom. The van der Waals surface area contributed by atoms with E-state index >= 15 is 0 Å². The normalized spacial score (nSPS) is 17.5. The molecular weight excluding hydrogens is 280 g/mol. The molecule has 22 heavy (non-hydrogen) atoms. The van der Waals surface area contributed by atoms with Crippen LogP contribution in [0.15, 0.2) is 41.3 Å². The molecule has 114 valence electrons. The molecule has 0 bridgehead atoms. The molecule has 1 saturated heterocycles. The van der Waals surface area contributed by atoms with Crippen LogP contribution in [-0.4, -0.2) is 34.4 Å². The second-order valence-electron chi connectivity index (χ2n) is 5.31. The van der Waals surface area contributed by atoms with Crippen LogP contribution in [0.5, 0.6) is 0 Å². The molecule has 3 heterocycles. The Labute approximate surface area is 128 Å². The minimum absolute atomic E-state index is 0.0197. The molecule has 0 aromatic carbocycles. The maximum atomic E-state index is 12.7.